The molecule has 5 rings (SSSR count). The fourth-order valence-electron chi connectivity index (χ4n) is 6.82. The average molecular weight is 629 g/mol. The van der Waals surface area contributed by atoms with Gasteiger partial charge in [-0.1, -0.05) is 125 Å². The number of hydrogen-bond acceptors (Lipinski definition) is 4. The summed E-state index contributed by atoms with van der Waals surface area (Å²) in [6, 6.07) is 25.1. The molecule has 47 heavy (non-hydrogen) atoms. The molecule has 0 atom stereocenters. The molecular formula is C41H44N2O4. The van der Waals surface area contributed by atoms with Crippen molar-refractivity contribution in [3.8, 4) is 0 Å². The summed E-state index contributed by atoms with van der Waals surface area (Å²) in [4.78, 5) is 24.8. The third-order valence-corrected chi connectivity index (χ3v) is 9.03. The van der Waals surface area contributed by atoms with Crippen molar-refractivity contribution in [2.45, 2.75) is 57.8 Å². The second-order valence-corrected chi connectivity index (χ2v) is 13.2. The zero-order chi connectivity index (χ0) is 33.6. The summed E-state index contributed by atoms with van der Waals surface area (Å²) in [6.45, 7) is 9.64. The molecule has 4 aromatic carbocycles. The van der Waals surface area contributed by atoms with Gasteiger partial charge in [-0.25, -0.2) is 0 Å². The van der Waals surface area contributed by atoms with Gasteiger partial charge in [0.1, 0.15) is 0 Å². The number of carboxylic acid groups (broad SMARTS) is 2. The summed E-state index contributed by atoms with van der Waals surface area (Å²) in [7, 11) is 0. The van der Waals surface area contributed by atoms with Gasteiger partial charge in [-0.05, 0) is 62.7 Å². The van der Waals surface area contributed by atoms with Crippen molar-refractivity contribution in [3.63, 3.8) is 0 Å². The van der Waals surface area contributed by atoms with Crippen molar-refractivity contribution < 1.29 is 19.8 Å². The molecule has 0 aromatic heterocycles. The lowest BCUT2D eigenvalue weighted by atomic mass is 9.78. The highest BCUT2D eigenvalue weighted by Gasteiger charge is 2.41. The lowest BCUT2D eigenvalue weighted by molar-refractivity contribution is -0.137. The molecule has 242 valence electrons. The topological polar surface area (TPSA) is 89.9 Å². The van der Waals surface area contributed by atoms with E-state index in [4.69, 9.17) is 5.11 Å². The van der Waals surface area contributed by atoms with Crippen molar-refractivity contribution in [1.82, 2.24) is 0 Å². The van der Waals surface area contributed by atoms with E-state index in [2.05, 4.69) is 111 Å². The Labute approximate surface area is 277 Å². The molecule has 0 radical (unpaired) electrons. The number of aliphatic carboxylic acids is 2. The van der Waals surface area contributed by atoms with E-state index in [1.54, 1.807) is 0 Å². The monoisotopic (exact) mass is 628 g/mol. The van der Waals surface area contributed by atoms with Gasteiger partial charge in [-0.3, -0.25) is 9.59 Å². The van der Waals surface area contributed by atoms with Crippen LogP contribution in [0.15, 0.2) is 121 Å². The second kappa shape index (κ2) is 14.1. The molecule has 0 unspecified atom stereocenters. The van der Waals surface area contributed by atoms with Crippen LogP contribution in [0.5, 0.6) is 0 Å². The molecule has 0 saturated carbocycles. The standard InChI is InChI=1S/C41H44N2O4/c1-40(2,38-31-17-12-10-15-29(31)20-22-33(38)42-27-24-36(44)45)26-14-8-6-5-7-9-19-35-41(3,4)39-32-18-13-11-16-30(32)21-23-34(39)43(35)28-25-37(46)47/h5-23,42H,24-28H2,1-4H3,(H,44,45)(H,46,47)/b6-5+,9-7+,14-8+,35-19+. The predicted octanol–water partition coefficient (Wildman–Crippen LogP) is 9.37. The van der Waals surface area contributed by atoms with Gasteiger partial charge in [0, 0.05) is 35.6 Å². The zero-order valence-electron chi connectivity index (χ0n) is 27.7. The Morgan fingerprint density at radius 2 is 1.40 bits per heavy atom. The van der Waals surface area contributed by atoms with Crippen LogP contribution >= 0.6 is 0 Å². The molecular weight excluding hydrogens is 584 g/mol. The van der Waals surface area contributed by atoms with Gasteiger partial charge in [0.15, 0.2) is 0 Å². The van der Waals surface area contributed by atoms with Crippen LogP contribution in [0.2, 0.25) is 0 Å². The largest absolute Gasteiger partial charge is 0.481 e. The van der Waals surface area contributed by atoms with E-state index in [9.17, 15) is 14.7 Å². The molecule has 3 N–H and O–H groups in total. The number of fused-ring (bicyclic) bond motifs is 4. The molecule has 6 heteroatoms. The van der Waals surface area contributed by atoms with Crippen LogP contribution in [0.25, 0.3) is 21.5 Å². The van der Waals surface area contributed by atoms with Crippen LogP contribution in [0.1, 0.15) is 58.1 Å². The van der Waals surface area contributed by atoms with Crippen LogP contribution in [-0.2, 0) is 20.4 Å². The molecule has 0 fully saturated rings. The Bertz CT molecular complexity index is 1910. The van der Waals surface area contributed by atoms with Crippen LogP contribution in [0, 0.1) is 0 Å². The van der Waals surface area contributed by atoms with E-state index in [1.165, 1.54) is 27.3 Å². The van der Waals surface area contributed by atoms with E-state index in [0.29, 0.717) is 13.1 Å². The number of allylic oxidation sites excluding steroid dienone is 8. The number of hydrogen-bond donors (Lipinski definition) is 3. The normalized spacial score (nSPS) is 15.5. The van der Waals surface area contributed by atoms with Gasteiger partial charge < -0.3 is 20.4 Å². The summed E-state index contributed by atoms with van der Waals surface area (Å²) < 4.78 is 0. The molecule has 1 aliphatic rings. The number of benzene rings is 4. The highest BCUT2D eigenvalue weighted by atomic mass is 16.4. The molecule has 6 nitrogen and oxygen atoms in total. The highest BCUT2D eigenvalue weighted by molar-refractivity contribution is 5.95. The fourth-order valence-corrected chi connectivity index (χ4v) is 6.82. The SMILES string of the molecule is CC(C)(C/C=C/C=C/C=C/C=C1/N(CCC(=O)O)c2ccc3ccccc3c2C1(C)C)c1c(NCCC(=O)O)ccc2ccccc12. The first-order valence-corrected chi connectivity index (χ1v) is 16.2. The maximum Gasteiger partial charge on any atom is 0.305 e. The number of carboxylic acids is 2. The maximum absolute atomic E-state index is 11.5. The summed E-state index contributed by atoms with van der Waals surface area (Å²) in [6.07, 6.45) is 15.3. The van der Waals surface area contributed by atoms with Crippen LogP contribution < -0.4 is 10.2 Å². The van der Waals surface area contributed by atoms with Crippen molar-refractivity contribution in [1.29, 1.82) is 0 Å². The zero-order valence-corrected chi connectivity index (χ0v) is 27.7. The summed E-state index contributed by atoms with van der Waals surface area (Å²) in [5, 5.41) is 26.6. The van der Waals surface area contributed by atoms with Gasteiger partial charge in [-0.2, -0.15) is 0 Å². The minimum Gasteiger partial charge on any atom is -0.481 e. The van der Waals surface area contributed by atoms with Gasteiger partial charge >= 0.3 is 11.9 Å². The third-order valence-electron chi connectivity index (χ3n) is 9.03. The second-order valence-electron chi connectivity index (χ2n) is 13.2. The minimum atomic E-state index is -0.819. The molecule has 0 spiro atoms. The molecule has 4 aromatic rings. The quantitative estimate of drug-likeness (QED) is 0.128. The van der Waals surface area contributed by atoms with E-state index < -0.39 is 11.9 Å². The van der Waals surface area contributed by atoms with E-state index in [1.807, 2.05) is 42.5 Å². The van der Waals surface area contributed by atoms with Crippen molar-refractivity contribution >= 4 is 44.9 Å². The molecule has 0 aliphatic carbocycles. The van der Waals surface area contributed by atoms with Gasteiger partial charge in [0.25, 0.3) is 0 Å². The van der Waals surface area contributed by atoms with Crippen LogP contribution in [0.3, 0.4) is 0 Å². The van der Waals surface area contributed by atoms with Crippen molar-refractivity contribution in [2.75, 3.05) is 23.3 Å². The Morgan fingerprint density at radius 3 is 2.13 bits per heavy atom. The summed E-state index contributed by atoms with van der Waals surface area (Å²) >= 11 is 0. The number of carbonyl (C=O) groups is 2. The molecule has 1 heterocycles. The Hall–Kier alpha value is -5.10. The molecule has 0 bridgehead atoms. The first-order valence-electron chi connectivity index (χ1n) is 16.2. The number of nitrogens with one attached hydrogen (secondary N) is 1. The fraction of sp³-hybridized carbons (Fsp3) is 0.268. The maximum atomic E-state index is 11.5. The van der Waals surface area contributed by atoms with Gasteiger partial charge in [-0.15, -0.1) is 0 Å². The Balaban J connectivity index is 1.32. The van der Waals surface area contributed by atoms with Crippen LogP contribution in [-0.4, -0.2) is 35.2 Å². The summed E-state index contributed by atoms with van der Waals surface area (Å²) in [5.74, 6) is -1.63. The number of anilines is 2. The first kappa shape index (κ1) is 33.3. The molecule has 1 aliphatic heterocycles. The average Bonchev–Trinajstić information content (AvgIpc) is 3.26. The smallest absolute Gasteiger partial charge is 0.305 e. The predicted molar refractivity (Wildman–Crippen MR) is 194 cm³/mol. The van der Waals surface area contributed by atoms with E-state index in [-0.39, 0.29) is 23.7 Å². The lowest BCUT2D eigenvalue weighted by Gasteiger charge is -2.29. The van der Waals surface area contributed by atoms with Gasteiger partial charge in [0.05, 0.1) is 12.8 Å². The third kappa shape index (κ3) is 7.33. The molecule has 0 amide bonds. The van der Waals surface area contributed by atoms with Crippen LogP contribution in [0.4, 0.5) is 11.4 Å². The van der Waals surface area contributed by atoms with E-state index in [0.717, 1.165) is 28.9 Å². The van der Waals surface area contributed by atoms with Crippen molar-refractivity contribution in [2.24, 2.45) is 0 Å². The lowest BCUT2D eigenvalue weighted by Crippen LogP contribution is -2.28. The van der Waals surface area contributed by atoms with Gasteiger partial charge in [0.2, 0.25) is 0 Å². The number of nitrogens with zero attached hydrogens (tertiary/aromatic N) is 1. The molecule has 0 saturated heterocycles. The Morgan fingerprint density at radius 1 is 0.787 bits per heavy atom. The number of rotatable bonds is 13. The Kier molecular flexibility index (Phi) is 10.00. The highest BCUT2D eigenvalue weighted by Crippen LogP contribution is 2.50. The van der Waals surface area contributed by atoms with E-state index >= 15 is 0 Å². The minimum absolute atomic E-state index is 0.0586. The summed E-state index contributed by atoms with van der Waals surface area (Å²) in [5.41, 5.74) is 5.03. The van der Waals surface area contributed by atoms with Crippen molar-refractivity contribution in [3.05, 3.63) is 132 Å². The first-order chi connectivity index (χ1) is 22.5.